The van der Waals surface area contributed by atoms with Crippen molar-refractivity contribution in [2.24, 2.45) is 5.92 Å². The molecule has 19 heavy (non-hydrogen) atoms. The van der Waals surface area contributed by atoms with Crippen LogP contribution in [0.4, 0.5) is 11.6 Å². The Bertz CT molecular complexity index is 405. The highest BCUT2D eigenvalue weighted by Gasteiger charge is 2.22. The molecule has 4 heteroatoms. The lowest BCUT2D eigenvalue weighted by Crippen LogP contribution is -2.18. The second-order valence-corrected chi connectivity index (χ2v) is 5.59. The maximum atomic E-state index is 4.44. The molecule has 1 aliphatic carbocycles. The van der Waals surface area contributed by atoms with Crippen LogP contribution in [0, 0.1) is 5.92 Å². The Morgan fingerprint density at radius 1 is 1.21 bits per heavy atom. The molecule has 2 rings (SSSR count). The molecule has 2 unspecified atom stereocenters. The van der Waals surface area contributed by atoms with Crippen molar-refractivity contribution < 1.29 is 0 Å². The van der Waals surface area contributed by atoms with Crippen molar-refractivity contribution in [1.29, 1.82) is 0 Å². The SMILES string of the molecule is CCCNc1ncnc(NC2CCC(C)C2)c1CC. The summed E-state index contributed by atoms with van der Waals surface area (Å²) in [5, 5.41) is 7.01. The van der Waals surface area contributed by atoms with E-state index < -0.39 is 0 Å². The molecule has 1 aromatic rings. The zero-order valence-electron chi connectivity index (χ0n) is 12.4. The summed E-state index contributed by atoms with van der Waals surface area (Å²) in [4.78, 5) is 8.82. The van der Waals surface area contributed by atoms with Crippen molar-refractivity contribution in [3.63, 3.8) is 0 Å². The number of nitrogens with one attached hydrogen (secondary N) is 2. The summed E-state index contributed by atoms with van der Waals surface area (Å²) in [6.07, 6.45) is 7.56. The summed E-state index contributed by atoms with van der Waals surface area (Å²) < 4.78 is 0. The van der Waals surface area contributed by atoms with Crippen LogP contribution in [0.1, 0.15) is 52.0 Å². The molecule has 0 radical (unpaired) electrons. The molecule has 0 aliphatic heterocycles. The zero-order chi connectivity index (χ0) is 13.7. The van der Waals surface area contributed by atoms with Gasteiger partial charge in [-0.15, -0.1) is 0 Å². The molecule has 0 spiro atoms. The van der Waals surface area contributed by atoms with Crippen LogP contribution in [-0.4, -0.2) is 22.6 Å². The van der Waals surface area contributed by atoms with Gasteiger partial charge in [0, 0.05) is 18.2 Å². The van der Waals surface area contributed by atoms with Crippen molar-refractivity contribution in [3.05, 3.63) is 11.9 Å². The normalized spacial score (nSPS) is 22.5. The van der Waals surface area contributed by atoms with Crippen LogP contribution < -0.4 is 10.6 Å². The average Bonchev–Trinajstić information content (AvgIpc) is 2.82. The van der Waals surface area contributed by atoms with Crippen molar-refractivity contribution in [2.45, 2.75) is 58.9 Å². The molecule has 1 heterocycles. The Morgan fingerprint density at radius 3 is 2.63 bits per heavy atom. The third-order valence-corrected chi connectivity index (χ3v) is 3.88. The molecule has 1 fully saturated rings. The minimum Gasteiger partial charge on any atom is -0.370 e. The minimum absolute atomic E-state index is 0.578. The van der Waals surface area contributed by atoms with Crippen LogP contribution in [0.2, 0.25) is 0 Å². The van der Waals surface area contributed by atoms with E-state index in [1.165, 1.54) is 24.8 Å². The maximum Gasteiger partial charge on any atom is 0.134 e. The van der Waals surface area contributed by atoms with Gasteiger partial charge in [-0.3, -0.25) is 0 Å². The van der Waals surface area contributed by atoms with Gasteiger partial charge >= 0.3 is 0 Å². The topological polar surface area (TPSA) is 49.8 Å². The van der Waals surface area contributed by atoms with E-state index in [9.17, 15) is 0 Å². The molecule has 2 atom stereocenters. The van der Waals surface area contributed by atoms with Crippen molar-refractivity contribution in [2.75, 3.05) is 17.2 Å². The third-order valence-electron chi connectivity index (χ3n) is 3.88. The summed E-state index contributed by atoms with van der Waals surface area (Å²) in [5.41, 5.74) is 1.22. The van der Waals surface area contributed by atoms with Crippen LogP contribution in [-0.2, 0) is 6.42 Å². The first kappa shape index (κ1) is 14.1. The fourth-order valence-electron chi connectivity index (χ4n) is 2.80. The molecule has 0 bridgehead atoms. The van der Waals surface area contributed by atoms with E-state index in [-0.39, 0.29) is 0 Å². The Hall–Kier alpha value is -1.32. The van der Waals surface area contributed by atoms with Crippen LogP contribution in [0.5, 0.6) is 0 Å². The standard InChI is InChI=1S/C15H26N4/c1-4-8-16-14-13(5-2)15(18-10-17-14)19-12-7-6-11(3)9-12/h10-12H,4-9H2,1-3H3,(H2,16,17,18,19). The highest BCUT2D eigenvalue weighted by Crippen LogP contribution is 2.29. The number of aromatic nitrogens is 2. The molecule has 1 aromatic heterocycles. The quantitative estimate of drug-likeness (QED) is 0.824. The molecule has 106 valence electrons. The van der Waals surface area contributed by atoms with E-state index in [1.54, 1.807) is 6.33 Å². The van der Waals surface area contributed by atoms with Gasteiger partial charge in [-0.2, -0.15) is 0 Å². The number of hydrogen-bond donors (Lipinski definition) is 2. The van der Waals surface area contributed by atoms with Crippen molar-refractivity contribution in [3.8, 4) is 0 Å². The van der Waals surface area contributed by atoms with Gasteiger partial charge in [0.2, 0.25) is 0 Å². The van der Waals surface area contributed by atoms with Crippen molar-refractivity contribution in [1.82, 2.24) is 9.97 Å². The maximum absolute atomic E-state index is 4.44. The van der Waals surface area contributed by atoms with Gasteiger partial charge in [0.25, 0.3) is 0 Å². The van der Waals surface area contributed by atoms with E-state index in [1.807, 2.05) is 0 Å². The molecule has 2 N–H and O–H groups in total. The Balaban J connectivity index is 2.10. The largest absolute Gasteiger partial charge is 0.370 e. The van der Waals surface area contributed by atoms with Crippen molar-refractivity contribution >= 4 is 11.6 Å². The van der Waals surface area contributed by atoms with Gasteiger partial charge < -0.3 is 10.6 Å². The molecule has 1 aliphatic rings. The van der Waals surface area contributed by atoms with E-state index in [0.717, 1.165) is 36.9 Å². The Morgan fingerprint density at radius 2 is 2.00 bits per heavy atom. The Kier molecular flexibility index (Phi) is 5.00. The van der Waals surface area contributed by atoms with Gasteiger partial charge in [0.1, 0.15) is 18.0 Å². The zero-order valence-corrected chi connectivity index (χ0v) is 12.4. The first-order valence-electron chi connectivity index (χ1n) is 7.58. The first-order valence-corrected chi connectivity index (χ1v) is 7.58. The average molecular weight is 262 g/mol. The van der Waals surface area contributed by atoms with E-state index >= 15 is 0 Å². The molecule has 0 saturated heterocycles. The molecule has 1 saturated carbocycles. The molecular weight excluding hydrogens is 236 g/mol. The molecule has 4 nitrogen and oxygen atoms in total. The summed E-state index contributed by atoms with van der Waals surface area (Å²) in [6.45, 7) is 7.62. The first-order chi connectivity index (χ1) is 9.24. The number of rotatable bonds is 6. The van der Waals surface area contributed by atoms with Gasteiger partial charge in [0.05, 0.1) is 0 Å². The van der Waals surface area contributed by atoms with Crippen LogP contribution in [0.25, 0.3) is 0 Å². The molecule has 0 amide bonds. The number of anilines is 2. The monoisotopic (exact) mass is 262 g/mol. The lowest BCUT2D eigenvalue weighted by atomic mass is 10.1. The predicted molar refractivity (Wildman–Crippen MR) is 80.6 cm³/mol. The van der Waals surface area contributed by atoms with Crippen LogP contribution in [0.3, 0.4) is 0 Å². The van der Waals surface area contributed by atoms with E-state index in [4.69, 9.17) is 0 Å². The lowest BCUT2D eigenvalue weighted by molar-refractivity contribution is 0.602. The summed E-state index contributed by atoms with van der Waals surface area (Å²) in [5.74, 6) is 2.85. The lowest BCUT2D eigenvalue weighted by Gasteiger charge is -2.18. The predicted octanol–water partition coefficient (Wildman–Crippen LogP) is 3.46. The van der Waals surface area contributed by atoms with Crippen LogP contribution in [0.15, 0.2) is 6.33 Å². The third kappa shape index (κ3) is 3.58. The number of hydrogen-bond acceptors (Lipinski definition) is 4. The fourth-order valence-corrected chi connectivity index (χ4v) is 2.80. The molecular formula is C15H26N4. The second-order valence-electron chi connectivity index (χ2n) is 5.59. The second kappa shape index (κ2) is 6.73. The van der Waals surface area contributed by atoms with Gasteiger partial charge in [0.15, 0.2) is 0 Å². The smallest absolute Gasteiger partial charge is 0.134 e. The Labute approximate surface area is 116 Å². The highest BCUT2D eigenvalue weighted by molar-refractivity contribution is 5.57. The van der Waals surface area contributed by atoms with Gasteiger partial charge in [-0.25, -0.2) is 9.97 Å². The number of nitrogens with zero attached hydrogens (tertiary/aromatic N) is 2. The molecule has 0 aromatic carbocycles. The summed E-state index contributed by atoms with van der Waals surface area (Å²) in [6, 6.07) is 0.578. The highest BCUT2D eigenvalue weighted by atomic mass is 15.1. The van der Waals surface area contributed by atoms with Crippen LogP contribution >= 0.6 is 0 Å². The summed E-state index contributed by atoms with van der Waals surface area (Å²) >= 11 is 0. The van der Waals surface area contributed by atoms with E-state index in [2.05, 4.69) is 41.4 Å². The van der Waals surface area contributed by atoms with Gasteiger partial charge in [-0.1, -0.05) is 20.8 Å². The van der Waals surface area contributed by atoms with Gasteiger partial charge in [-0.05, 0) is 38.0 Å². The fraction of sp³-hybridized carbons (Fsp3) is 0.733. The van der Waals surface area contributed by atoms with E-state index in [0.29, 0.717) is 6.04 Å². The summed E-state index contributed by atoms with van der Waals surface area (Å²) in [7, 11) is 0. The minimum atomic E-state index is 0.578.